The molecule has 2 N–H and O–H groups in total. The molecule has 7 nitrogen and oxygen atoms in total. The van der Waals surface area contributed by atoms with Crippen LogP contribution in [0.15, 0.2) is 17.3 Å². The van der Waals surface area contributed by atoms with E-state index in [-0.39, 0.29) is 23.6 Å². The number of aliphatic hydroxyl groups is 1. The average molecular weight is 303 g/mol. The van der Waals surface area contributed by atoms with Crippen LogP contribution in [-0.4, -0.2) is 49.2 Å². The summed E-state index contributed by atoms with van der Waals surface area (Å²) in [4.78, 5) is 0.150. The number of hydrogen-bond acceptors (Lipinski definition) is 5. The number of rotatable bonds is 7. The lowest BCUT2D eigenvalue weighted by Crippen LogP contribution is -2.40. The Balaban J connectivity index is 2.04. The summed E-state index contributed by atoms with van der Waals surface area (Å²) < 4.78 is 34.0. The summed E-state index contributed by atoms with van der Waals surface area (Å²) >= 11 is 0. The van der Waals surface area contributed by atoms with Crippen molar-refractivity contribution in [2.45, 2.75) is 49.3 Å². The number of aryl methyl sites for hydroxylation is 1. The van der Waals surface area contributed by atoms with Gasteiger partial charge >= 0.3 is 0 Å². The standard InChI is InChI=1S/C12H21N3O4S/c1-19-12-5-2-4-11(12)14-20(17,18)10-8-13-15(9-10)6-3-7-16/h8-9,11-12,14,16H,2-7H2,1H3. The van der Waals surface area contributed by atoms with Gasteiger partial charge in [0.05, 0.1) is 12.3 Å². The number of methoxy groups -OCH3 is 1. The zero-order chi connectivity index (χ0) is 14.6. The van der Waals surface area contributed by atoms with Crippen molar-refractivity contribution in [3.63, 3.8) is 0 Å². The zero-order valence-electron chi connectivity index (χ0n) is 11.5. The normalized spacial score (nSPS) is 23.3. The number of aromatic nitrogens is 2. The van der Waals surface area contributed by atoms with E-state index in [4.69, 9.17) is 9.84 Å². The van der Waals surface area contributed by atoms with Gasteiger partial charge in [0, 0.05) is 32.5 Å². The number of ether oxygens (including phenoxy) is 1. The summed E-state index contributed by atoms with van der Waals surface area (Å²) in [5.74, 6) is 0. The van der Waals surface area contributed by atoms with Crippen LogP contribution in [0, 0.1) is 0 Å². The smallest absolute Gasteiger partial charge is 0.244 e. The second kappa shape index (κ2) is 6.66. The highest BCUT2D eigenvalue weighted by atomic mass is 32.2. The van der Waals surface area contributed by atoms with Crippen molar-refractivity contribution in [3.05, 3.63) is 12.4 Å². The van der Waals surface area contributed by atoms with E-state index in [1.54, 1.807) is 7.11 Å². The fraction of sp³-hybridized carbons (Fsp3) is 0.750. The molecule has 114 valence electrons. The van der Waals surface area contributed by atoms with Gasteiger partial charge in [-0.3, -0.25) is 4.68 Å². The van der Waals surface area contributed by atoms with Gasteiger partial charge in [-0.15, -0.1) is 0 Å². The minimum absolute atomic E-state index is 0.0534. The van der Waals surface area contributed by atoms with E-state index >= 15 is 0 Å². The van der Waals surface area contributed by atoms with E-state index in [1.165, 1.54) is 17.1 Å². The monoisotopic (exact) mass is 303 g/mol. The molecule has 0 spiro atoms. The van der Waals surface area contributed by atoms with Crippen LogP contribution in [0.25, 0.3) is 0 Å². The molecule has 0 amide bonds. The minimum atomic E-state index is -3.57. The third kappa shape index (κ3) is 3.57. The molecule has 2 rings (SSSR count). The molecule has 1 aromatic heterocycles. The lowest BCUT2D eigenvalue weighted by Gasteiger charge is -2.18. The molecule has 1 fully saturated rings. The number of nitrogens with zero attached hydrogens (tertiary/aromatic N) is 2. The van der Waals surface area contributed by atoms with Crippen molar-refractivity contribution < 1.29 is 18.3 Å². The third-order valence-corrected chi connectivity index (χ3v) is 4.97. The van der Waals surface area contributed by atoms with E-state index in [9.17, 15) is 8.42 Å². The zero-order valence-corrected chi connectivity index (χ0v) is 12.3. The number of nitrogens with one attached hydrogen (secondary N) is 1. The van der Waals surface area contributed by atoms with E-state index < -0.39 is 10.0 Å². The van der Waals surface area contributed by atoms with Gasteiger partial charge in [-0.1, -0.05) is 0 Å². The first kappa shape index (κ1) is 15.4. The maximum absolute atomic E-state index is 12.3. The molecule has 1 saturated carbocycles. The summed E-state index contributed by atoms with van der Waals surface area (Å²) in [7, 11) is -1.97. The largest absolute Gasteiger partial charge is 0.396 e. The number of aliphatic hydroxyl groups excluding tert-OH is 1. The summed E-state index contributed by atoms with van der Waals surface area (Å²) in [6.07, 6.45) is 5.92. The molecule has 20 heavy (non-hydrogen) atoms. The van der Waals surface area contributed by atoms with E-state index in [2.05, 4.69) is 9.82 Å². The molecule has 0 radical (unpaired) electrons. The predicted molar refractivity (Wildman–Crippen MR) is 72.7 cm³/mol. The van der Waals surface area contributed by atoms with Crippen molar-refractivity contribution >= 4 is 10.0 Å². The fourth-order valence-corrected chi connectivity index (χ4v) is 3.70. The first-order chi connectivity index (χ1) is 9.56. The van der Waals surface area contributed by atoms with E-state index in [0.29, 0.717) is 13.0 Å². The molecular weight excluding hydrogens is 282 g/mol. The Morgan fingerprint density at radius 2 is 2.35 bits per heavy atom. The van der Waals surface area contributed by atoms with Crippen LogP contribution in [0.4, 0.5) is 0 Å². The molecule has 1 aromatic rings. The van der Waals surface area contributed by atoms with Gasteiger partial charge < -0.3 is 9.84 Å². The van der Waals surface area contributed by atoms with Crippen LogP contribution in [0.2, 0.25) is 0 Å². The number of sulfonamides is 1. The maximum atomic E-state index is 12.3. The van der Waals surface area contributed by atoms with Crippen molar-refractivity contribution in [2.24, 2.45) is 0 Å². The molecule has 0 aromatic carbocycles. The first-order valence-electron chi connectivity index (χ1n) is 6.75. The summed E-state index contributed by atoms with van der Waals surface area (Å²) in [5.41, 5.74) is 0. The van der Waals surface area contributed by atoms with E-state index in [1.807, 2.05) is 0 Å². The Morgan fingerprint density at radius 1 is 1.55 bits per heavy atom. The Bertz CT molecular complexity index is 529. The van der Waals surface area contributed by atoms with Crippen LogP contribution in [0.5, 0.6) is 0 Å². The van der Waals surface area contributed by atoms with Crippen molar-refractivity contribution in [3.8, 4) is 0 Å². The minimum Gasteiger partial charge on any atom is -0.396 e. The predicted octanol–water partition coefficient (Wildman–Crippen LogP) is 0.111. The van der Waals surface area contributed by atoms with Crippen LogP contribution in [0.1, 0.15) is 25.7 Å². The molecular formula is C12H21N3O4S. The van der Waals surface area contributed by atoms with Gasteiger partial charge in [0.2, 0.25) is 10.0 Å². The average Bonchev–Trinajstić information content (AvgIpc) is 3.04. The lowest BCUT2D eigenvalue weighted by atomic mass is 10.2. The quantitative estimate of drug-likeness (QED) is 0.746. The Kier molecular flexibility index (Phi) is 5.14. The Morgan fingerprint density at radius 3 is 3.05 bits per heavy atom. The molecule has 0 bridgehead atoms. The van der Waals surface area contributed by atoms with E-state index in [0.717, 1.165) is 19.3 Å². The van der Waals surface area contributed by atoms with Crippen molar-refractivity contribution in [2.75, 3.05) is 13.7 Å². The second-order valence-corrected chi connectivity index (χ2v) is 6.66. The van der Waals surface area contributed by atoms with Gasteiger partial charge in [-0.2, -0.15) is 5.10 Å². The SMILES string of the molecule is COC1CCCC1NS(=O)(=O)c1cnn(CCCO)c1. The molecule has 0 saturated heterocycles. The molecule has 8 heteroatoms. The first-order valence-corrected chi connectivity index (χ1v) is 8.23. The Hall–Kier alpha value is -0.960. The van der Waals surface area contributed by atoms with Crippen LogP contribution >= 0.6 is 0 Å². The second-order valence-electron chi connectivity index (χ2n) is 4.95. The van der Waals surface area contributed by atoms with Crippen LogP contribution in [-0.2, 0) is 21.3 Å². The summed E-state index contributed by atoms with van der Waals surface area (Å²) in [5, 5.41) is 12.7. The lowest BCUT2D eigenvalue weighted by molar-refractivity contribution is 0.0916. The Labute approximate surface area is 119 Å². The molecule has 1 aliphatic rings. The van der Waals surface area contributed by atoms with Crippen molar-refractivity contribution in [1.82, 2.24) is 14.5 Å². The highest BCUT2D eigenvalue weighted by Crippen LogP contribution is 2.23. The molecule has 1 heterocycles. The molecule has 0 aliphatic heterocycles. The number of hydrogen-bond donors (Lipinski definition) is 2. The highest BCUT2D eigenvalue weighted by molar-refractivity contribution is 7.89. The third-order valence-electron chi connectivity index (χ3n) is 3.53. The maximum Gasteiger partial charge on any atom is 0.244 e. The van der Waals surface area contributed by atoms with Gasteiger partial charge in [-0.25, -0.2) is 13.1 Å². The molecule has 2 unspecified atom stereocenters. The summed E-state index contributed by atoms with van der Waals surface area (Å²) in [6, 6.07) is -0.175. The summed E-state index contributed by atoms with van der Waals surface area (Å²) in [6.45, 7) is 0.550. The highest BCUT2D eigenvalue weighted by Gasteiger charge is 2.31. The molecule has 1 aliphatic carbocycles. The van der Waals surface area contributed by atoms with Gasteiger partial charge in [0.1, 0.15) is 4.90 Å². The van der Waals surface area contributed by atoms with Crippen LogP contribution in [0.3, 0.4) is 0 Å². The van der Waals surface area contributed by atoms with Gasteiger partial charge in [-0.05, 0) is 25.7 Å². The van der Waals surface area contributed by atoms with Crippen molar-refractivity contribution in [1.29, 1.82) is 0 Å². The van der Waals surface area contributed by atoms with Gasteiger partial charge in [0.25, 0.3) is 0 Å². The van der Waals surface area contributed by atoms with Crippen LogP contribution < -0.4 is 4.72 Å². The fourth-order valence-electron chi connectivity index (χ4n) is 2.45. The molecule has 2 atom stereocenters. The van der Waals surface area contributed by atoms with Gasteiger partial charge in [0.15, 0.2) is 0 Å². The topological polar surface area (TPSA) is 93.5 Å².